The van der Waals surface area contributed by atoms with Crippen LogP contribution in [0.4, 0.5) is 0 Å². The molecule has 1 aromatic heterocycles. The molecule has 0 aliphatic carbocycles. The van der Waals surface area contributed by atoms with Crippen molar-refractivity contribution in [3.05, 3.63) is 28.4 Å². The molecule has 0 radical (unpaired) electrons. The van der Waals surface area contributed by atoms with E-state index in [1.807, 2.05) is 11.5 Å². The number of hydrogen-bond acceptors (Lipinski definition) is 5. The molecule has 1 atom stereocenters. The summed E-state index contributed by atoms with van der Waals surface area (Å²) in [6.45, 7) is 0.748. The Morgan fingerprint density at radius 3 is 3.15 bits per heavy atom. The van der Waals surface area contributed by atoms with Gasteiger partial charge in [0, 0.05) is 11.8 Å². The first-order valence-corrected chi connectivity index (χ1v) is 5.03. The van der Waals surface area contributed by atoms with Crippen molar-refractivity contribution in [1.29, 1.82) is 0 Å². The van der Waals surface area contributed by atoms with Crippen LogP contribution in [0.2, 0.25) is 0 Å². The average molecular weight is 197 g/mol. The molecule has 0 amide bonds. The minimum Gasteiger partial charge on any atom is -0.496 e. The van der Waals surface area contributed by atoms with E-state index in [0.717, 1.165) is 24.5 Å². The normalized spacial score (nSPS) is 18.1. The number of ether oxygens (including phenoxy) is 1. The molecule has 0 saturated carbocycles. The van der Waals surface area contributed by atoms with Crippen LogP contribution in [0.15, 0.2) is 22.7 Å². The highest BCUT2D eigenvalue weighted by Gasteiger charge is 2.20. The van der Waals surface area contributed by atoms with E-state index in [9.17, 15) is 0 Å². The molecule has 1 aliphatic heterocycles. The Bertz CT molecular complexity index is 296. The Balaban J connectivity index is 2.18. The summed E-state index contributed by atoms with van der Waals surface area (Å²) in [4.78, 5) is 4.19. The molecule has 4 nitrogen and oxygen atoms in total. The maximum atomic E-state index is 5.44. The molecular formula is C8H11N3OS. The molecule has 1 aromatic rings. The van der Waals surface area contributed by atoms with Crippen molar-refractivity contribution in [2.45, 2.75) is 12.5 Å². The van der Waals surface area contributed by atoms with Gasteiger partial charge in [-0.3, -0.25) is 5.84 Å². The van der Waals surface area contributed by atoms with Crippen LogP contribution in [0.25, 0.3) is 0 Å². The smallest absolute Gasteiger partial charge is 0.121 e. The van der Waals surface area contributed by atoms with Crippen molar-refractivity contribution in [1.82, 2.24) is 10.4 Å². The predicted molar refractivity (Wildman–Crippen MR) is 50.8 cm³/mol. The van der Waals surface area contributed by atoms with Crippen molar-refractivity contribution in [2.24, 2.45) is 5.84 Å². The number of nitrogens with zero attached hydrogens (tertiary/aromatic N) is 1. The molecule has 2 rings (SSSR count). The summed E-state index contributed by atoms with van der Waals surface area (Å²) in [6.07, 6.45) is 3.00. The second kappa shape index (κ2) is 3.87. The monoisotopic (exact) mass is 197 g/mol. The molecule has 0 aromatic carbocycles. The number of hydrogen-bond donors (Lipinski definition) is 2. The number of nitrogens with two attached hydrogens (primary N) is 1. The lowest BCUT2D eigenvalue weighted by Crippen LogP contribution is -2.29. The molecular weight excluding hydrogens is 186 g/mol. The van der Waals surface area contributed by atoms with Crippen LogP contribution in [-0.4, -0.2) is 11.6 Å². The van der Waals surface area contributed by atoms with Gasteiger partial charge in [-0.2, -0.15) is 0 Å². The van der Waals surface area contributed by atoms with Crippen molar-refractivity contribution in [3.8, 4) is 0 Å². The molecule has 0 fully saturated rings. The summed E-state index contributed by atoms with van der Waals surface area (Å²) in [5, 5.41) is 1.97. The number of hydrazine groups is 1. The highest BCUT2D eigenvalue weighted by molar-refractivity contribution is 7.07. The van der Waals surface area contributed by atoms with Crippen LogP contribution in [0.1, 0.15) is 18.2 Å². The first kappa shape index (κ1) is 8.68. The number of rotatable bonds is 3. The van der Waals surface area contributed by atoms with Gasteiger partial charge < -0.3 is 4.74 Å². The number of nitrogens with one attached hydrogen (secondary N) is 1. The minimum atomic E-state index is -0.0891. The highest BCUT2D eigenvalue weighted by Crippen LogP contribution is 2.25. The summed E-state index contributed by atoms with van der Waals surface area (Å²) >= 11 is 1.55. The highest BCUT2D eigenvalue weighted by atomic mass is 32.1. The standard InChI is InChI=1S/C8H11N3OS/c9-11-8(6-4-13-5-10-6)7-2-1-3-12-7/h2,4-5,8,11H,1,3,9H2. The molecule has 3 N–H and O–H groups in total. The molecule has 0 spiro atoms. The molecule has 5 heteroatoms. The van der Waals surface area contributed by atoms with Gasteiger partial charge in [-0.05, 0) is 6.08 Å². The van der Waals surface area contributed by atoms with Gasteiger partial charge in [-0.25, -0.2) is 10.4 Å². The first-order chi connectivity index (χ1) is 6.42. The Morgan fingerprint density at radius 2 is 2.62 bits per heavy atom. The third-order valence-electron chi connectivity index (χ3n) is 1.93. The molecule has 1 aliphatic rings. The Labute approximate surface area is 80.4 Å². The second-order valence-corrected chi connectivity index (χ2v) is 3.48. The number of aromatic nitrogens is 1. The summed E-state index contributed by atoms with van der Waals surface area (Å²) in [5.41, 5.74) is 5.40. The Kier molecular flexibility index (Phi) is 2.58. The largest absolute Gasteiger partial charge is 0.496 e. The summed E-state index contributed by atoms with van der Waals surface area (Å²) < 4.78 is 5.41. The van der Waals surface area contributed by atoms with Crippen molar-refractivity contribution >= 4 is 11.3 Å². The summed E-state index contributed by atoms with van der Waals surface area (Å²) in [7, 11) is 0. The molecule has 70 valence electrons. The molecule has 13 heavy (non-hydrogen) atoms. The van der Waals surface area contributed by atoms with Crippen LogP contribution < -0.4 is 11.3 Å². The fourth-order valence-corrected chi connectivity index (χ4v) is 1.90. The zero-order valence-electron chi connectivity index (χ0n) is 7.06. The quantitative estimate of drug-likeness (QED) is 0.559. The SMILES string of the molecule is NNC(C1=CCCO1)c1cscn1. The molecule has 0 saturated heterocycles. The maximum Gasteiger partial charge on any atom is 0.121 e. The van der Waals surface area contributed by atoms with Crippen LogP contribution in [0.3, 0.4) is 0 Å². The molecule has 1 unspecified atom stereocenters. The van der Waals surface area contributed by atoms with Gasteiger partial charge in [-0.15, -0.1) is 11.3 Å². The second-order valence-electron chi connectivity index (χ2n) is 2.76. The van der Waals surface area contributed by atoms with E-state index >= 15 is 0 Å². The third-order valence-corrected chi connectivity index (χ3v) is 2.54. The lowest BCUT2D eigenvalue weighted by Gasteiger charge is -2.14. The molecule has 0 bridgehead atoms. The van der Waals surface area contributed by atoms with Crippen molar-refractivity contribution in [3.63, 3.8) is 0 Å². The zero-order chi connectivity index (χ0) is 9.10. The fraction of sp³-hybridized carbons (Fsp3) is 0.375. The number of thiazole rings is 1. The topological polar surface area (TPSA) is 60.2 Å². The average Bonchev–Trinajstić information content (AvgIpc) is 2.76. The summed E-state index contributed by atoms with van der Waals surface area (Å²) in [5.74, 6) is 6.32. The minimum absolute atomic E-state index is 0.0891. The van der Waals surface area contributed by atoms with E-state index in [1.165, 1.54) is 0 Å². The fourth-order valence-electron chi connectivity index (χ4n) is 1.32. The van der Waals surface area contributed by atoms with E-state index in [4.69, 9.17) is 10.6 Å². The van der Waals surface area contributed by atoms with Gasteiger partial charge in [0.1, 0.15) is 11.8 Å². The van der Waals surface area contributed by atoms with E-state index < -0.39 is 0 Å². The van der Waals surface area contributed by atoms with Gasteiger partial charge in [0.2, 0.25) is 0 Å². The van der Waals surface area contributed by atoms with E-state index in [-0.39, 0.29) is 6.04 Å². The van der Waals surface area contributed by atoms with E-state index in [1.54, 1.807) is 16.8 Å². The van der Waals surface area contributed by atoms with E-state index in [2.05, 4.69) is 10.4 Å². The predicted octanol–water partition coefficient (Wildman–Crippen LogP) is 0.952. The van der Waals surface area contributed by atoms with Gasteiger partial charge >= 0.3 is 0 Å². The Hall–Kier alpha value is -0.910. The summed E-state index contributed by atoms with van der Waals surface area (Å²) in [6, 6.07) is -0.0891. The van der Waals surface area contributed by atoms with Gasteiger partial charge in [-0.1, -0.05) is 0 Å². The van der Waals surface area contributed by atoms with Gasteiger partial charge in [0.25, 0.3) is 0 Å². The van der Waals surface area contributed by atoms with Crippen LogP contribution in [-0.2, 0) is 4.74 Å². The van der Waals surface area contributed by atoms with Gasteiger partial charge in [0.05, 0.1) is 17.8 Å². The molecule has 2 heterocycles. The maximum absolute atomic E-state index is 5.44. The van der Waals surface area contributed by atoms with Crippen LogP contribution >= 0.6 is 11.3 Å². The van der Waals surface area contributed by atoms with Crippen LogP contribution in [0, 0.1) is 0 Å². The third kappa shape index (κ3) is 1.72. The lowest BCUT2D eigenvalue weighted by atomic mass is 10.2. The first-order valence-electron chi connectivity index (χ1n) is 4.09. The Morgan fingerprint density at radius 1 is 1.69 bits per heavy atom. The zero-order valence-corrected chi connectivity index (χ0v) is 7.88. The lowest BCUT2D eigenvalue weighted by molar-refractivity contribution is 0.215. The van der Waals surface area contributed by atoms with Crippen molar-refractivity contribution in [2.75, 3.05) is 6.61 Å². The van der Waals surface area contributed by atoms with Crippen molar-refractivity contribution < 1.29 is 4.74 Å². The van der Waals surface area contributed by atoms with Crippen LogP contribution in [0.5, 0.6) is 0 Å². The van der Waals surface area contributed by atoms with E-state index in [0.29, 0.717) is 0 Å². The van der Waals surface area contributed by atoms with Gasteiger partial charge in [0.15, 0.2) is 0 Å².